The van der Waals surface area contributed by atoms with Crippen molar-refractivity contribution < 1.29 is 14.0 Å². The number of likely N-dealkylation sites (tertiary alicyclic amines) is 2. The summed E-state index contributed by atoms with van der Waals surface area (Å²) in [4.78, 5) is 32.4. The third-order valence-electron chi connectivity index (χ3n) is 5.89. The summed E-state index contributed by atoms with van der Waals surface area (Å²) < 4.78 is 13.1. The van der Waals surface area contributed by atoms with Crippen LogP contribution in [0.1, 0.15) is 6.42 Å². The molecule has 7 heteroatoms. The van der Waals surface area contributed by atoms with Gasteiger partial charge in [-0.05, 0) is 24.3 Å². The van der Waals surface area contributed by atoms with Crippen molar-refractivity contribution in [3.05, 3.63) is 30.1 Å². The molecule has 3 aliphatic rings. The Hall–Kier alpha value is -2.15. The third-order valence-corrected chi connectivity index (χ3v) is 5.89. The quantitative estimate of drug-likeness (QED) is 0.794. The van der Waals surface area contributed by atoms with E-state index in [1.54, 1.807) is 11.9 Å². The predicted molar refractivity (Wildman–Crippen MR) is 96.3 cm³/mol. The number of benzene rings is 1. The molecule has 0 radical (unpaired) electrons. The van der Waals surface area contributed by atoms with Gasteiger partial charge in [-0.25, -0.2) is 4.39 Å². The number of hydrogen-bond donors (Lipinski definition) is 0. The van der Waals surface area contributed by atoms with Crippen LogP contribution in [0.5, 0.6) is 0 Å². The lowest BCUT2D eigenvalue weighted by atomic mass is 10.0. The van der Waals surface area contributed by atoms with E-state index in [0.29, 0.717) is 19.0 Å². The van der Waals surface area contributed by atoms with E-state index in [0.717, 1.165) is 45.0 Å². The smallest absolute Gasteiger partial charge is 0.228 e. The van der Waals surface area contributed by atoms with E-state index >= 15 is 0 Å². The number of anilines is 1. The molecule has 1 atom stereocenters. The number of rotatable bonds is 3. The van der Waals surface area contributed by atoms with Crippen LogP contribution in [0.25, 0.3) is 0 Å². The topological polar surface area (TPSA) is 47.1 Å². The van der Waals surface area contributed by atoms with E-state index in [4.69, 9.17) is 0 Å². The van der Waals surface area contributed by atoms with Gasteiger partial charge >= 0.3 is 0 Å². The van der Waals surface area contributed by atoms with Gasteiger partial charge in [0.15, 0.2) is 0 Å². The fourth-order valence-corrected chi connectivity index (χ4v) is 4.15. The Kier molecular flexibility index (Phi) is 4.56. The minimum atomic E-state index is -0.207. The summed E-state index contributed by atoms with van der Waals surface area (Å²) >= 11 is 0. The van der Waals surface area contributed by atoms with E-state index in [-0.39, 0.29) is 23.5 Å². The van der Waals surface area contributed by atoms with Crippen molar-refractivity contribution >= 4 is 17.5 Å². The summed E-state index contributed by atoms with van der Waals surface area (Å²) in [5.74, 6) is -0.174. The van der Waals surface area contributed by atoms with Gasteiger partial charge in [0.25, 0.3) is 0 Å². The molecular weight excluding hydrogens is 335 g/mol. The molecule has 0 aromatic heterocycles. The van der Waals surface area contributed by atoms with Crippen molar-refractivity contribution in [2.45, 2.75) is 12.5 Å². The van der Waals surface area contributed by atoms with Gasteiger partial charge in [-0.15, -0.1) is 0 Å². The lowest BCUT2D eigenvalue weighted by molar-refractivity contribution is -0.143. The third kappa shape index (κ3) is 3.28. The van der Waals surface area contributed by atoms with Crippen LogP contribution in [0, 0.1) is 11.7 Å². The number of nitrogens with zero attached hydrogens (tertiary/aromatic N) is 4. The van der Waals surface area contributed by atoms with E-state index < -0.39 is 0 Å². The molecule has 0 N–H and O–H groups in total. The summed E-state index contributed by atoms with van der Waals surface area (Å²) in [6.45, 7) is 5.82. The van der Waals surface area contributed by atoms with Crippen molar-refractivity contribution in [1.82, 2.24) is 14.7 Å². The van der Waals surface area contributed by atoms with E-state index in [1.165, 1.54) is 12.1 Å². The van der Waals surface area contributed by atoms with Crippen molar-refractivity contribution in [1.29, 1.82) is 0 Å². The molecule has 0 aliphatic carbocycles. The van der Waals surface area contributed by atoms with Crippen LogP contribution in [0.4, 0.5) is 10.1 Å². The van der Waals surface area contributed by atoms with Crippen LogP contribution in [0.2, 0.25) is 0 Å². The second kappa shape index (κ2) is 6.87. The first kappa shape index (κ1) is 17.3. The molecule has 6 nitrogen and oxygen atoms in total. The number of piperazine rings is 1. The summed E-state index contributed by atoms with van der Waals surface area (Å²) in [6, 6.07) is 7.08. The van der Waals surface area contributed by atoms with Crippen LogP contribution < -0.4 is 4.90 Å². The van der Waals surface area contributed by atoms with Crippen LogP contribution in [0.3, 0.4) is 0 Å². The summed E-state index contributed by atoms with van der Waals surface area (Å²) in [7, 11) is 1.76. The zero-order valence-electron chi connectivity index (χ0n) is 15.1. The second-order valence-corrected chi connectivity index (χ2v) is 7.57. The van der Waals surface area contributed by atoms with Gasteiger partial charge in [-0.1, -0.05) is 0 Å². The Balaban J connectivity index is 1.24. The van der Waals surface area contributed by atoms with Crippen molar-refractivity contribution in [3.8, 4) is 0 Å². The monoisotopic (exact) mass is 360 g/mol. The first-order valence-corrected chi connectivity index (χ1v) is 9.28. The minimum Gasteiger partial charge on any atom is -0.369 e. The molecule has 2 amide bonds. The highest BCUT2D eigenvalue weighted by Crippen LogP contribution is 2.25. The largest absolute Gasteiger partial charge is 0.369 e. The molecule has 1 unspecified atom stereocenters. The van der Waals surface area contributed by atoms with Crippen molar-refractivity contribution in [2.75, 3.05) is 57.8 Å². The zero-order valence-corrected chi connectivity index (χ0v) is 15.1. The van der Waals surface area contributed by atoms with Crippen LogP contribution >= 0.6 is 0 Å². The van der Waals surface area contributed by atoms with Gasteiger partial charge < -0.3 is 14.7 Å². The fourth-order valence-electron chi connectivity index (χ4n) is 4.15. The SMILES string of the molecule is CN1CC(C(=O)N2CC(N3CCN(c4ccc(F)cc4)CC3)C2)CC1=O. The molecule has 1 aromatic carbocycles. The highest BCUT2D eigenvalue weighted by molar-refractivity contribution is 5.89. The maximum absolute atomic E-state index is 13.1. The Morgan fingerprint density at radius 1 is 1.04 bits per heavy atom. The highest BCUT2D eigenvalue weighted by atomic mass is 19.1. The number of hydrogen-bond acceptors (Lipinski definition) is 4. The Morgan fingerprint density at radius 3 is 2.27 bits per heavy atom. The zero-order chi connectivity index (χ0) is 18.3. The maximum atomic E-state index is 13.1. The van der Waals surface area contributed by atoms with Gasteiger partial charge in [-0.3, -0.25) is 14.5 Å². The maximum Gasteiger partial charge on any atom is 0.228 e. The van der Waals surface area contributed by atoms with Gasteiger partial charge in [0.1, 0.15) is 5.82 Å². The van der Waals surface area contributed by atoms with Gasteiger partial charge in [-0.2, -0.15) is 0 Å². The molecule has 0 bridgehead atoms. The Morgan fingerprint density at radius 2 is 1.69 bits per heavy atom. The van der Waals surface area contributed by atoms with Crippen LogP contribution in [0.15, 0.2) is 24.3 Å². The molecule has 3 heterocycles. The summed E-state index contributed by atoms with van der Waals surface area (Å²) in [5, 5.41) is 0. The average Bonchev–Trinajstić information content (AvgIpc) is 2.94. The lowest BCUT2D eigenvalue weighted by Gasteiger charge is -2.49. The van der Waals surface area contributed by atoms with Crippen LogP contribution in [-0.4, -0.2) is 85.4 Å². The predicted octanol–water partition coefficient (Wildman–Crippen LogP) is 0.637. The van der Waals surface area contributed by atoms with Crippen LogP contribution in [-0.2, 0) is 9.59 Å². The normalized spacial score (nSPS) is 24.9. The number of amides is 2. The molecule has 3 saturated heterocycles. The fraction of sp³-hybridized carbons (Fsp3) is 0.579. The number of carbonyl (C=O) groups is 2. The molecule has 140 valence electrons. The van der Waals surface area contributed by atoms with Crippen molar-refractivity contribution in [3.63, 3.8) is 0 Å². The first-order valence-electron chi connectivity index (χ1n) is 9.28. The standard InChI is InChI=1S/C19H25FN4O2/c1-21-11-14(10-18(21)25)19(26)24-12-17(13-24)23-8-6-22(7-9-23)16-4-2-15(20)3-5-16/h2-5,14,17H,6-13H2,1H3. The van der Waals surface area contributed by atoms with E-state index in [9.17, 15) is 14.0 Å². The average molecular weight is 360 g/mol. The molecule has 1 aromatic rings. The Labute approximate surface area is 153 Å². The van der Waals surface area contributed by atoms with E-state index in [1.807, 2.05) is 17.0 Å². The van der Waals surface area contributed by atoms with E-state index in [2.05, 4.69) is 9.80 Å². The van der Waals surface area contributed by atoms with Crippen molar-refractivity contribution in [2.24, 2.45) is 5.92 Å². The summed E-state index contributed by atoms with van der Waals surface area (Å²) in [5.41, 5.74) is 1.06. The molecule has 0 spiro atoms. The highest BCUT2D eigenvalue weighted by Gasteiger charge is 2.41. The minimum absolute atomic E-state index is 0.0670. The second-order valence-electron chi connectivity index (χ2n) is 7.57. The molecule has 26 heavy (non-hydrogen) atoms. The number of carbonyl (C=O) groups excluding carboxylic acids is 2. The molecule has 4 rings (SSSR count). The van der Waals surface area contributed by atoms with Gasteiger partial charge in [0.05, 0.1) is 5.92 Å². The molecule has 3 fully saturated rings. The Bertz CT molecular complexity index is 681. The number of halogens is 1. The first-order chi connectivity index (χ1) is 12.5. The van der Waals surface area contributed by atoms with Gasteiger partial charge in [0, 0.05) is 71.0 Å². The molecule has 3 aliphatic heterocycles. The molecular formula is C19H25FN4O2. The lowest BCUT2D eigenvalue weighted by Crippen LogP contribution is -2.65. The molecule has 0 saturated carbocycles. The van der Waals surface area contributed by atoms with Gasteiger partial charge in [0.2, 0.25) is 11.8 Å². The summed E-state index contributed by atoms with van der Waals surface area (Å²) in [6.07, 6.45) is 0.354.